The van der Waals surface area contributed by atoms with Crippen molar-refractivity contribution < 1.29 is 9.59 Å². The molecule has 1 aromatic rings. The first-order valence-electron chi connectivity index (χ1n) is 7.37. The lowest BCUT2D eigenvalue weighted by molar-refractivity contribution is -0.138. The van der Waals surface area contributed by atoms with E-state index in [2.05, 4.69) is 31.2 Å². The number of rotatable bonds is 3. The highest BCUT2D eigenvalue weighted by molar-refractivity contribution is 8.00. The number of likely N-dealkylation sites (tertiary alicyclic amines) is 1. The molecular weight excluding hydrogens is 284 g/mol. The molecule has 5 heteroatoms. The Labute approximate surface area is 129 Å². The van der Waals surface area contributed by atoms with E-state index in [1.807, 2.05) is 4.90 Å². The number of aryl methyl sites for hydroxylation is 1. The predicted octanol–water partition coefficient (Wildman–Crippen LogP) is 2.19. The van der Waals surface area contributed by atoms with Gasteiger partial charge in [-0.15, -0.1) is 11.8 Å². The van der Waals surface area contributed by atoms with E-state index in [0.29, 0.717) is 11.6 Å². The number of carbonyl (C=O) groups excluding carboxylic acids is 2. The summed E-state index contributed by atoms with van der Waals surface area (Å²) in [6.07, 6.45) is 2.05. The summed E-state index contributed by atoms with van der Waals surface area (Å²) in [5.74, 6) is 1.32. The molecule has 1 aromatic carbocycles. The monoisotopic (exact) mass is 304 g/mol. The van der Waals surface area contributed by atoms with Crippen molar-refractivity contribution in [3.05, 3.63) is 35.4 Å². The average molecular weight is 304 g/mol. The van der Waals surface area contributed by atoms with Crippen LogP contribution in [0.15, 0.2) is 24.3 Å². The summed E-state index contributed by atoms with van der Waals surface area (Å²) in [4.78, 5) is 27.8. The zero-order valence-corrected chi connectivity index (χ0v) is 13.1. The van der Waals surface area contributed by atoms with Crippen molar-refractivity contribution in [1.82, 2.24) is 9.80 Å². The smallest absolute Gasteiger partial charge is 0.242 e. The maximum absolute atomic E-state index is 12.5. The summed E-state index contributed by atoms with van der Waals surface area (Å²) in [6, 6.07) is 8.59. The van der Waals surface area contributed by atoms with Crippen molar-refractivity contribution in [2.45, 2.75) is 25.8 Å². The lowest BCUT2D eigenvalue weighted by Gasteiger charge is -2.27. The number of nitrogens with zero attached hydrogens (tertiary/aromatic N) is 2. The van der Waals surface area contributed by atoms with Gasteiger partial charge in [0.2, 0.25) is 11.8 Å². The van der Waals surface area contributed by atoms with E-state index in [1.165, 1.54) is 11.1 Å². The molecular formula is C16H20N2O2S. The Balaban J connectivity index is 1.69. The number of thioether (sulfide) groups is 1. The van der Waals surface area contributed by atoms with Gasteiger partial charge >= 0.3 is 0 Å². The summed E-state index contributed by atoms with van der Waals surface area (Å²) in [5, 5.41) is 0. The second kappa shape index (κ2) is 6.10. The van der Waals surface area contributed by atoms with Gasteiger partial charge in [-0.3, -0.25) is 9.59 Å². The summed E-state index contributed by atoms with van der Waals surface area (Å²) in [6.45, 7) is 3.10. The van der Waals surface area contributed by atoms with Crippen LogP contribution < -0.4 is 0 Å². The highest BCUT2D eigenvalue weighted by Crippen LogP contribution is 2.32. The van der Waals surface area contributed by atoms with Crippen molar-refractivity contribution in [1.29, 1.82) is 0 Å². The second-order valence-corrected chi connectivity index (χ2v) is 6.68. The van der Waals surface area contributed by atoms with Crippen LogP contribution in [0, 0.1) is 6.92 Å². The fraction of sp³-hybridized carbons (Fsp3) is 0.500. The third-order valence-corrected chi connectivity index (χ3v) is 5.13. The molecule has 0 aliphatic carbocycles. The van der Waals surface area contributed by atoms with E-state index in [0.717, 1.165) is 19.4 Å². The highest BCUT2D eigenvalue weighted by Gasteiger charge is 2.32. The van der Waals surface area contributed by atoms with Crippen LogP contribution in [-0.4, -0.2) is 46.3 Å². The molecule has 112 valence electrons. The first kappa shape index (κ1) is 14.4. The molecule has 2 amide bonds. The number of hydrogen-bond donors (Lipinski definition) is 0. The molecule has 0 spiro atoms. The molecule has 1 unspecified atom stereocenters. The molecule has 4 nitrogen and oxygen atoms in total. The maximum atomic E-state index is 12.5. The van der Waals surface area contributed by atoms with Crippen molar-refractivity contribution in [2.75, 3.05) is 24.7 Å². The summed E-state index contributed by atoms with van der Waals surface area (Å²) in [7, 11) is 0. The van der Waals surface area contributed by atoms with Crippen LogP contribution in [0.25, 0.3) is 0 Å². The first-order valence-corrected chi connectivity index (χ1v) is 8.52. The van der Waals surface area contributed by atoms with E-state index in [4.69, 9.17) is 0 Å². The van der Waals surface area contributed by atoms with E-state index in [9.17, 15) is 9.59 Å². The van der Waals surface area contributed by atoms with Crippen molar-refractivity contribution in [3.63, 3.8) is 0 Å². The Kier molecular flexibility index (Phi) is 4.19. The van der Waals surface area contributed by atoms with Crippen molar-refractivity contribution in [2.24, 2.45) is 0 Å². The third-order valence-electron chi connectivity index (χ3n) is 4.19. The van der Waals surface area contributed by atoms with E-state index in [1.54, 1.807) is 16.7 Å². The molecule has 0 bridgehead atoms. The Morgan fingerprint density at radius 1 is 1.33 bits per heavy atom. The molecule has 0 aromatic heterocycles. The predicted molar refractivity (Wildman–Crippen MR) is 83.9 cm³/mol. The van der Waals surface area contributed by atoms with Crippen LogP contribution >= 0.6 is 11.8 Å². The first-order chi connectivity index (χ1) is 10.1. The van der Waals surface area contributed by atoms with Gasteiger partial charge in [-0.2, -0.15) is 0 Å². The molecule has 2 aliphatic heterocycles. The average Bonchev–Trinajstić information content (AvgIpc) is 3.09. The standard InChI is InChI=1S/C16H20N2O2S/c1-12-4-6-13(7-5-12)14-3-2-8-18(14)15(19)9-17-11-21-10-16(17)20/h4-7,14H,2-3,8-11H2,1H3. The zero-order valence-electron chi connectivity index (χ0n) is 12.2. The lowest BCUT2D eigenvalue weighted by Crippen LogP contribution is -2.40. The summed E-state index contributed by atoms with van der Waals surface area (Å²) >= 11 is 1.58. The van der Waals surface area contributed by atoms with Crippen molar-refractivity contribution >= 4 is 23.6 Å². The number of carbonyl (C=O) groups is 2. The highest BCUT2D eigenvalue weighted by atomic mass is 32.2. The molecule has 3 rings (SSSR count). The third kappa shape index (κ3) is 3.07. The molecule has 2 fully saturated rings. The van der Waals surface area contributed by atoms with Gasteiger partial charge in [0.15, 0.2) is 0 Å². The minimum Gasteiger partial charge on any atom is -0.334 e. The van der Waals surface area contributed by atoms with Crippen LogP contribution in [0.1, 0.15) is 30.0 Å². The molecule has 2 aliphatic rings. The van der Waals surface area contributed by atoms with Gasteiger partial charge in [0.25, 0.3) is 0 Å². The largest absolute Gasteiger partial charge is 0.334 e. The Morgan fingerprint density at radius 3 is 2.76 bits per heavy atom. The lowest BCUT2D eigenvalue weighted by atomic mass is 10.0. The summed E-state index contributed by atoms with van der Waals surface area (Å²) in [5.41, 5.74) is 2.43. The zero-order chi connectivity index (χ0) is 14.8. The van der Waals surface area contributed by atoms with Gasteiger partial charge in [0.05, 0.1) is 17.7 Å². The minimum atomic E-state index is 0.0777. The normalized spacial score (nSPS) is 22.1. The number of benzene rings is 1. The molecule has 0 saturated carbocycles. The van der Waals surface area contributed by atoms with Crippen LogP contribution in [-0.2, 0) is 9.59 Å². The SMILES string of the molecule is Cc1ccc(C2CCCN2C(=O)CN2CSCC2=O)cc1. The topological polar surface area (TPSA) is 40.6 Å². The fourth-order valence-corrected chi connectivity index (χ4v) is 3.90. The molecule has 2 saturated heterocycles. The van der Waals surface area contributed by atoms with Gasteiger partial charge in [-0.05, 0) is 25.3 Å². The van der Waals surface area contributed by atoms with Crippen LogP contribution in [0.4, 0.5) is 0 Å². The Hall–Kier alpha value is -1.49. The Bertz CT molecular complexity index is 544. The molecule has 1 atom stereocenters. The van der Waals surface area contributed by atoms with E-state index < -0.39 is 0 Å². The van der Waals surface area contributed by atoms with Gasteiger partial charge in [-0.1, -0.05) is 29.8 Å². The molecule has 0 N–H and O–H groups in total. The van der Waals surface area contributed by atoms with E-state index >= 15 is 0 Å². The van der Waals surface area contributed by atoms with Crippen molar-refractivity contribution in [3.8, 4) is 0 Å². The van der Waals surface area contributed by atoms with E-state index in [-0.39, 0.29) is 24.4 Å². The summed E-state index contributed by atoms with van der Waals surface area (Å²) < 4.78 is 0. The molecule has 0 radical (unpaired) electrons. The van der Waals surface area contributed by atoms with Crippen LogP contribution in [0.2, 0.25) is 0 Å². The quantitative estimate of drug-likeness (QED) is 0.859. The minimum absolute atomic E-state index is 0.0777. The fourth-order valence-electron chi connectivity index (χ4n) is 2.99. The molecule has 21 heavy (non-hydrogen) atoms. The Morgan fingerprint density at radius 2 is 2.10 bits per heavy atom. The maximum Gasteiger partial charge on any atom is 0.242 e. The van der Waals surface area contributed by atoms with Gasteiger partial charge in [0, 0.05) is 6.54 Å². The van der Waals surface area contributed by atoms with Gasteiger partial charge in [-0.25, -0.2) is 0 Å². The van der Waals surface area contributed by atoms with Gasteiger partial charge < -0.3 is 9.80 Å². The van der Waals surface area contributed by atoms with Gasteiger partial charge in [0.1, 0.15) is 6.54 Å². The number of hydrogen-bond acceptors (Lipinski definition) is 3. The molecule has 2 heterocycles. The second-order valence-electron chi connectivity index (χ2n) is 5.73. The van der Waals surface area contributed by atoms with Crippen LogP contribution in [0.5, 0.6) is 0 Å². The number of amides is 2. The van der Waals surface area contributed by atoms with Crippen LogP contribution in [0.3, 0.4) is 0 Å².